The zero-order valence-electron chi connectivity index (χ0n) is 17.8. The molecule has 1 saturated heterocycles. The highest BCUT2D eigenvalue weighted by atomic mass is 16.2. The van der Waals surface area contributed by atoms with E-state index in [2.05, 4.69) is 18.8 Å². The molecule has 0 aromatic carbocycles. The van der Waals surface area contributed by atoms with Crippen molar-refractivity contribution in [3.05, 3.63) is 28.8 Å². The lowest BCUT2D eigenvalue weighted by Crippen LogP contribution is -2.35. The van der Waals surface area contributed by atoms with Crippen LogP contribution in [-0.4, -0.2) is 38.0 Å². The van der Waals surface area contributed by atoms with E-state index in [0.29, 0.717) is 12.5 Å². The maximum absolute atomic E-state index is 13.5. The molecule has 6 nitrogen and oxygen atoms in total. The van der Waals surface area contributed by atoms with E-state index in [0.717, 1.165) is 43.5 Å². The minimum absolute atomic E-state index is 0.0193. The van der Waals surface area contributed by atoms with E-state index in [1.54, 1.807) is 6.20 Å². The summed E-state index contributed by atoms with van der Waals surface area (Å²) in [5.41, 5.74) is 1.76. The molecule has 0 unspecified atom stereocenters. The number of amides is 1. The molecule has 2 fully saturated rings. The van der Waals surface area contributed by atoms with Crippen LogP contribution in [0.15, 0.2) is 23.1 Å². The normalized spacial score (nSPS) is 20.8. The van der Waals surface area contributed by atoms with Gasteiger partial charge in [-0.2, -0.15) is 0 Å². The molecule has 1 amide bonds. The quantitative estimate of drug-likeness (QED) is 0.739. The van der Waals surface area contributed by atoms with Crippen molar-refractivity contribution in [2.75, 3.05) is 13.1 Å². The molecule has 1 saturated carbocycles. The number of carbonyl (C=O) groups is 1. The second kappa shape index (κ2) is 8.72. The molecule has 0 spiro atoms. The summed E-state index contributed by atoms with van der Waals surface area (Å²) in [5, 5.41) is 0. The van der Waals surface area contributed by atoms with Gasteiger partial charge in [-0.3, -0.25) is 13.9 Å². The summed E-state index contributed by atoms with van der Waals surface area (Å²) in [4.78, 5) is 32.8. The third-order valence-electron chi connectivity index (χ3n) is 7.06. The molecule has 2 aromatic heterocycles. The second-order valence-electron chi connectivity index (χ2n) is 8.85. The number of nitrogens with zero attached hydrogens (tertiary/aromatic N) is 4. The lowest BCUT2D eigenvalue weighted by atomic mass is 9.89. The Balaban J connectivity index is 1.62. The minimum atomic E-state index is 0.0193. The van der Waals surface area contributed by atoms with Crippen molar-refractivity contribution in [3.8, 4) is 0 Å². The topological polar surface area (TPSA) is 60.1 Å². The molecule has 0 bridgehead atoms. The fourth-order valence-electron chi connectivity index (χ4n) is 5.29. The van der Waals surface area contributed by atoms with Gasteiger partial charge in [0.15, 0.2) is 5.65 Å². The SMILES string of the molecule is CCC(CC)C(=O)N1CC[C@@H](n2c(=O)n(CC3CCCCC3)c3cccnc32)C1. The van der Waals surface area contributed by atoms with Crippen molar-refractivity contribution in [2.24, 2.45) is 11.8 Å². The van der Waals surface area contributed by atoms with Gasteiger partial charge in [0, 0.05) is 31.7 Å². The Morgan fingerprint density at radius 2 is 1.93 bits per heavy atom. The predicted octanol–water partition coefficient (Wildman–Crippen LogP) is 3.99. The van der Waals surface area contributed by atoms with Crippen molar-refractivity contribution in [1.29, 1.82) is 0 Å². The van der Waals surface area contributed by atoms with Crippen LogP contribution in [0.25, 0.3) is 11.2 Å². The second-order valence-corrected chi connectivity index (χ2v) is 8.85. The van der Waals surface area contributed by atoms with Gasteiger partial charge in [-0.25, -0.2) is 9.78 Å². The number of hydrogen-bond donors (Lipinski definition) is 0. The summed E-state index contributed by atoms with van der Waals surface area (Å²) in [6.07, 6.45) is 10.6. The maximum atomic E-state index is 13.5. The lowest BCUT2D eigenvalue weighted by Gasteiger charge is -2.22. The van der Waals surface area contributed by atoms with Gasteiger partial charge in [0.2, 0.25) is 5.91 Å². The standard InChI is InChI=1S/C23H34N4O2/c1-3-18(4-2)22(28)25-14-12-19(16-25)27-21-20(11-8-13-24-21)26(23(27)29)15-17-9-6-5-7-10-17/h8,11,13,17-19H,3-7,9-10,12,14-16H2,1-2H3/t19-/m1/s1. The van der Waals surface area contributed by atoms with Gasteiger partial charge < -0.3 is 4.90 Å². The van der Waals surface area contributed by atoms with Crippen LogP contribution >= 0.6 is 0 Å². The molecule has 2 aromatic rings. The van der Waals surface area contributed by atoms with Crippen LogP contribution in [0.3, 0.4) is 0 Å². The van der Waals surface area contributed by atoms with E-state index in [9.17, 15) is 9.59 Å². The van der Waals surface area contributed by atoms with Crippen LogP contribution in [0.2, 0.25) is 0 Å². The monoisotopic (exact) mass is 398 g/mol. The number of aromatic nitrogens is 3. The van der Waals surface area contributed by atoms with Gasteiger partial charge in [0.1, 0.15) is 0 Å². The number of hydrogen-bond acceptors (Lipinski definition) is 3. The molecule has 0 radical (unpaired) electrons. The fourth-order valence-corrected chi connectivity index (χ4v) is 5.29. The van der Waals surface area contributed by atoms with Crippen LogP contribution in [0.5, 0.6) is 0 Å². The molecular weight excluding hydrogens is 364 g/mol. The summed E-state index contributed by atoms with van der Waals surface area (Å²) in [6.45, 7) is 6.29. The molecule has 0 N–H and O–H groups in total. The highest BCUT2D eigenvalue weighted by Crippen LogP contribution is 2.29. The average Bonchev–Trinajstić information content (AvgIpc) is 3.33. The number of pyridine rings is 1. The van der Waals surface area contributed by atoms with E-state index in [1.807, 2.05) is 26.2 Å². The molecule has 4 rings (SSSR count). The maximum Gasteiger partial charge on any atom is 0.330 e. The van der Waals surface area contributed by atoms with Gasteiger partial charge in [-0.05, 0) is 50.2 Å². The average molecular weight is 399 g/mol. The highest BCUT2D eigenvalue weighted by Gasteiger charge is 2.33. The summed E-state index contributed by atoms with van der Waals surface area (Å²) in [7, 11) is 0. The first-order valence-electron chi connectivity index (χ1n) is 11.5. The Labute approximate surface area is 172 Å². The van der Waals surface area contributed by atoms with Gasteiger partial charge in [-0.1, -0.05) is 33.1 Å². The third kappa shape index (κ3) is 3.86. The zero-order valence-corrected chi connectivity index (χ0v) is 17.8. The molecule has 1 aliphatic carbocycles. The van der Waals surface area contributed by atoms with Crippen molar-refractivity contribution in [2.45, 2.75) is 77.8 Å². The van der Waals surface area contributed by atoms with Crippen molar-refractivity contribution < 1.29 is 4.79 Å². The van der Waals surface area contributed by atoms with Gasteiger partial charge >= 0.3 is 5.69 Å². The van der Waals surface area contributed by atoms with Crippen LogP contribution in [0, 0.1) is 11.8 Å². The van der Waals surface area contributed by atoms with E-state index in [-0.39, 0.29) is 23.6 Å². The van der Waals surface area contributed by atoms with Gasteiger partial charge in [0.25, 0.3) is 0 Å². The van der Waals surface area contributed by atoms with Crippen molar-refractivity contribution in [1.82, 2.24) is 19.0 Å². The Hall–Kier alpha value is -2.11. The number of fused-ring (bicyclic) bond motifs is 1. The summed E-state index contributed by atoms with van der Waals surface area (Å²) < 4.78 is 3.82. The van der Waals surface area contributed by atoms with Crippen LogP contribution in [-0.2, 0) is 11.3 Å². The van der Waals surface area contributed by atoms with Crippen LogP contribution in [0.1, 0.15) is 71.3 Å². The van der Waals surface area contributed by atoms with Gasteiger partial charge in [0.05, 0.1) is 11.6 Å². The molecular formula is C23H34N4O2. The summed E-state index contributed by atoms with van der Waals surface area (Å²) in [5.74, 6) is 0.915. The fraction of sp³-hybridized carbons (Fsp3) is 0.696. The largest absolute Gasteiger partial charge is 0.340 e. The number of carbonyl (C=O) groups excluding carboxylic acids is 1. The Kier molecular flexibility index (Phi) is 6.07. The van der Waals surface area contributed by atoms with Crippen LogP contribution in [0.4, 0.5) is 0 Å². The predicted molar refractivity (Wildman–Crippen MR) is 115 cm³/mol. The molecule has 2 aliphatic rings. The molecule has 158 valence electrons. The first-order chi connectivity index (χ1) is 14.1. The Morgan fingerprint density at radius 1 is 1.17 bits per heavy atom. The van der Waals surface area contributed by atoms with E-state index in [1.165, 1.54) is 32.1 Å². The highest BCUT2D eigenvalue weighted by molar-refractivity contribution is 5.79. The van der Waals surface area contributed by atoms with Gasteiger partial charge in [-0.15, -0.1) is 0 Å². The lowest BCUT2D eigenvalue weighted by molar-refractivity contribution is -0.134. The van der Waals surface area contributed by atoms with Crippen molar-refractivity contribution in [3.63, 3.8) is 0 Å². The molecule has 3 heterocycles. The number of rotatable bonds is 6. The van der Waals surface area contributed by atoms with E-state index < -0.39 is 0 Å². The Morgan fingerprint density at radius 3 is 2.66 bits per heavy atom. The molecule has 1 atom stereocenters. The van der Waals surface area contributed by atoms with E-state index in [4.69, 9.17) is 0 Å². The van der Waals surface area contributed by atoms with E-state index >= 15 is 0 Å². The first kappa shape index (κ1) is 20.2. The first-order valence-corrected chi connectivity index (χ1v) is 11.5. The molecule has 29 heavy (non-hydrogen) atoms. The van der Waals surface area contributed by atoms with Crippen LogP contribution < -0.4 is 5.69 Å². The molecule has 1 aliphatic heterocycles. The summed E-state index contributed by atoms with van der Waals surface area (Å²) in [6, 6.07) is 3.96. The smallest absolute Gasteiger partial charge is 0.330 e. The third-order valence-corrected chi connectivity index (χ3v) is 7.06. The molecule has 6 heteroatoms. The Bertz CT molecular complexity index is 905. The zero-order chi connectivity index (χ0) is 20.4. The number of likely N-dealkylation sites (tertiary alicyclic amines) is 1. The summed E-state index contributed by atoms with van der Waals surface area (Å²) >= 11 is 0. The minimum Gasteiger partial charge on any atom is -0.340 e. The number of imidazole rings is 1. The van der Waals surface area contributed by atoms with Crippen molar-refractivity contribution >= 4 is 17.1 Å².